The summed E-state index contributed by atoms with van der Waals surface area (Å²) in [4.78, 5) is 9.38. The lowest BCUT2D eigenvalue weighted by atomic mass is 9.87. The molecule has 0 radical (unpaired) electrons. The first-order chi connectivity index (χ1) is 10.2. The molecule has 3 heterocycles. The molecule has 0 amide bonds. The molecule has 0 aromatic rings. The number of hydrogen-bond donors (Lipinski definition) is 1. The monoisotopic (exact) mass is 422 g/mol. The van der Waals surface area contributed by atoms with E-state index in [0.717, 1.165) is 44.7 Å². The third-order valence-electron chi connectivity index (χ3n) is 5.41. The van der Waals surface area contributed by atoms with Crippen molar-refractivity contribution in [3.05, 3.63) is 0 Å². The molecule has 22 heavy (non-hydrogen) atoms. The van der Waals surface area contributed by atoms with Crippen LogP contribution in [0.25, 0.3) is 0 Å². The van der Waals surface area contributed by atoms with E-state index in [1.807, 2.05) is 7.05 Å². The Bertz CT molecular complexity index is 384. The number of guanidine groups is 1. The molecule has 128 valence electrons. The van der Waals surface area contributed by atoms with E-state index in [1.54, 1.807) is 0 Å². The molecule has 0 bridgehead atoms. The number of nitrogens with one attached hydrogen (secondary N) is 1. The molecule has 0 aliphatic carbocycles. The van der Waals surface area contributed by atoms with Gasteiger partial charge in [-0.3, -0.25) is 4.99 Å². The minimum absolute atomic E-state index is 0. The quantitative estimate of drug-likeness (QED) is 0.417. The van der Waals surface area contributed by atoms with Crippen LogP contribution in [0, 0.1) is 11.3 Å². The van der Waals surface area contributed by atoms with Gasteiger partial charge in [0.2, 0.25) is 0 Å². The SMILES string of the molecule is CN=C(NCC1CCCN(C)C1)N1CCC2(CCOC2)C1.I. The van der Waals surface area contributed by atoms with Crippen LogP contribution in [0.4, 0.5) is 0 Å². The van der Waals surface area contributed by atoms with Crippen LogP contribution in [0.1, 0.15) is 25.7 Å². The van der Waals surface area contributed by atoms with Crippen LogP contribution in [-0.2, 0) is 4.74 Å². The topological polar surface area (TPSA) is 40.1 Å². The molecule has 0 aromatic heterocycles. The first-order valence-electron chi connectivity index (χ1n) is 8.43. The van der Waals surface area contributed by atoms with E-state index >= 15 is 0 Å². The standard InChI is InChI=1S/C16H30N4O.HI/c1-17-15(18-10-14-4-3-7-19(2)11-14)20-8-5-16(12-20)6-9-21-13-16;/h14H,3-13H2,1-2H3,(H,17,18);1H. The Labute approximate surface area is 151 Å². The molecule has 2 atom stereocenters. The number of likely N-dealkylation sites (tertiary alicyclic amines) is 2. The van der Waals surface area contributed by atoms with Crippen molar-refractivity contribution in [1.82, 2.24) is 15.1 Å². The van der Waals surface area contributed by atoms with Crippen molar-refractivity contribution in [3.63, 3.8) is 0 Å². The van der Waals surface area contributed by atoms with Crippen LogP contribution >= 0.6 is 24.0 Å². The number of aliphatic imine (C=N–C) groups is 1. The highest BCUT2D eigenvalue weighted by molar-refractivity contribution is 14.0. The Kier molecular flexibility index (Phi) is 6.76. The average molecular weight is 422 g/mol. The second kappa shape index (κ2) is 8.15. The Balaban J connectivity index is 0.00000176. The van der Waals surface area contributed by atoms with Crippen molar-refractivity contribution in [1.29, 1.82) is 0 Å². The van der Waals surface area contributed by atoms with Gasteiger partial charge >= 0.3 is 0 Å². The van der Waals surface area contributed by atoms with E-state index < -0.39 is 0 Å². The van der Waals surface area contributed by atoms with Gasteiger partial charge in [0.15, 0.2) is 5.96 Å². The molecule has 6 heteroatoms. The van der Waals surface area contributed by atoms with Gasteiger partial charge in [-0.1, -0.05) is 0 Å². The smallest absolute Gasteiger partial charge is 0.193 e. The zero-order chi connectivity index (χ0) is 14.7. The highest BCUT2D eigenvalue weighted by Gasteiger charge is 2.42. The van der Waals surface area contributed by atoms with Gasteiger partial charge in [0.1, 0.15) is 0 Å². The second-order valence-electron chi connectivity index (χ2n) is 7.17. The van der Waals surface area contributed by atoms with E-state index in [4.69, 9.17) is 4.74 Å². The zero-order valence-corrected chi connectivity index (χ0v) is 16.3. The summed E-state index contributed by atoms with van der Waals surface area (Å²) in [5, 5.41) is 3.62. The molecule has 1 spiro atoms. The fraction of sp³-hybridized carbons (Fsp3) is 0.938. The van der Waals surface area contributed by atoms with E-state index in [-0.39, 0.29) is 24.0 Å². The van der Waals surface area contributed by atoms with Crippen LogP contribution in [0.3, 0.4) is 0 Å². The summed E-state index contributed by atoms with van der Waals surface area (Å²) in [5.74, 6) is 1.85. The summed E-state index contributed by atoms with van der Waals surface area (Å²) in [6, 6.07) is 0. The Morgan fingerprint density at radius 2 is 2.23 bits per heavy atom. The van der Waals surface area contributed by atoms with Crippen molar-refractivity contribution in [2.45, 2.75) is 25.7 Å². The number of rotatable bonds is 2. The molecule has 5 nitrogen and oxygen atoms in total. The minimum Gasteiger partial charge on any atom is -0.381 e. The normalized spacial score (nSPS) is 33.3. The average Bonchev–Trinajstić information content (AvgIpc) is 3.11. The zero-order valence-electron chi connectivity index (χ0n) is 14.0. The Morgan fingerprint density at radius 1 is 1.36 bits per heavy atom. The van der Waals surface area contributed by atoms with E-state index in [9.17, 15) is 0 Å². The van der Waals surface area contributed by atoms with Gasteiger partial charge in [-0.05, 0) is 45.2 Å². The lowest BCUT2D eigenvalue weighted by Crippen LogP contribution is -2.45. The summed E-state index contributed by atoms with van der Waals surface area (Å²) in [5.41, 5.74) is 0.405. The van der Waals surface area contributed by atoms with E-state index in [2.05, 4.69) is 27.2 Å². The molecule has 2 unspecified atom stereocenters. The van der Waals surface area contributed by atoms with Crippen molar-refractivity contribution in [3.8, 4) is 0 Å². The molecule has 3 aliphatic rings. The minimum atomic E-state index is 0. The van der Waals surface area contributed by atoms with Crippen LogP contribution < -0.4 is 5.32 Å². The van der Waals surface area contributed by atoms with Crippen LogP contribution in [0.5, 0.6) is 0 Å². The number of piperidine rings is 1. The summed E-state index contributed by atoms with van der Waals surface area (Å²) < 4.78 is 5.62. The maximum Gasteiger partial charge on any atom is 0.193 e. The van der Waals surface area contributed by atoms with Crippen molar-refractivity contribution >= 4 is 29.9 Å². The number of ether oxygens (including phenoxy) is 1. The maximum atomic E-state index is 5.62. The van der Waals surface area contributed by atoms with Gasteiger partial charge < -0.3 is 19.9 Å². The molecule has 3 saturated heterocycles. The first kappa shape index (κ1) is 18.3. The van der Waals surface area contributed by atoms with Crippen molar-refractivity contribution in [2.24, 2.45) is 16.3 Å². The van der Waals surface area contributed by atoms with Crippen molar-refractivity contribution < 1.29 is 4.74 Å². The van der Waals surface area contributed by atoms with Gasteiger partial charge in [0.25, 0.3) is 0 Å². The predicted molar refractivity (Wildman–Crippen MR) is 101 cm³/mol. The van der Waals surface area contributed by atoms with Crippen LogP contribution in [0.2, 0.25) is 0 Å². The molecule has 0 aromatic carbocycles. The van der Waals surface area contributed by atoms with Gasteiger partial charge in [-0.25, -0.2) is 0 Å². The summed E-state index contributed by atoms with van der Waals surface area (Å²) in [6.07, 6.45) is 5.13. The largest absolute Gasteiger partial charge is 0.381 e. The number of halogens is 1. The Hall–Kier alpha value is -0.0800. The first-order valence-corrected chi connectivity index (χ1v) is 8.43. The molecular weight excluding hydrogens is 391 g/mol. The molecule has 3 fully saturated rings. The van der Waals surface area contributed by atoms with Crippen LogP contribution in [0.15, 0.2) is 4.99 Å². The van der Waals surface area contributed by atoms with Crippen molar-refractivity contribution in [2.75, 3.05) is 60.0 Å². The van der Waals surface area contributed by atoms with Gasteiger partial charge in [-0.15, -0.1) is 24.0 Å². The third kappa shape index (κ3) is 4.26. The van der Waals surface area contributed by atoms with Gasteiger partial charge in [0, 0.05) is 45.2 Å². The second-order valence-corrected chi connectivity index (χ2v) is 7.17. The lowest BCUT2D eigenvalue weighted by Gasteiger charge is -2.31. The lowest BCUT2D eigenvalue weighted by molar-refractivity contribution is 0.156. The fourth-order valence-electron chi connectivity index (χ4n) is 4.10. The predicted octanol–water partition coefficient (Wildman–Crippen LogP) is 1.63. The highest BCUT2D eigenvalue weighted by atomic mass is 127. The van der Waals surface area contributed by atoms with E-state index in [0.29, 0.717) is 5.41 Å². The summed E-state index contributed by atoms with van der Waals surface area (Å²) >= 11 is 0. The molecule has 1 N–H and O–H groups in total. The number of nitrogens with zero attached hydrogens (tertiary/aromatic N) is 3. The van der Waals surface area contributed by atoms with Gasteiger partial charge in [0.05, 0.1) is 6.61 Å². The molecule has 0 saturated carbocycles. The summed E-state index contributed by atoms with van der Waals surface area (Å²) in [6.45, 7) is 7.62. The molecular formula is C16H31IN4O. The summed E-state index contributed by atoms with van der Waals surface area (Å²) in [7, 11) is 4.14. The Morgan fingerprint density at radius 3 is 2.91 bits per heavy atom. The highest BCUT2D eigenvalue weighted by Crippen LogP contribution is 2.38. The molecule has 3 rings (SSSR count). The molecule has 3 aliphatic heterocycles. The maximum absolute atomic E-state index is 5.62. The fourth-order valence-corrected chi connectivity index (χ4v) is 4.10. The van der Waals surface area contributed by atoms with Gasteiger partial charge in [-0.2, -0.15) is 0 Å². The van der Waals surface area contributed by atoms with Crippen LogP contribution in [-0.4, -0.2) is 75.8 Å². The van der Waals surface area contributed by atoms with E-state index in [1.165, 1.54) is 38.8 Å². The number of hydrogen-bond acceptors (Lipinski definition) is 3. The third-order valence-corrected chi connectivity index (χ3v) is 5.41.